The average Bonchev–Trinajstić information content (AvgIpc) is 2.58. The predicted octanol–water partition coefficient (Wildman–Crippen LogP) is 4.02. The van der Waals surface area contributed by atoms with Crippen LogP contribution in [0.15, 0.2) is 36.4 Å². The van der Waals surface area contributed by atoms with Crippen LogP contribution in [-0.2, 0) is 10.0 Å². The van der Waals surface area contributed by atoms with Gasteiger partial charge in [0, 0.05) is 11.8 Å². The second-order valence-electron chi connectivity index (χ2n) is 4.98. The van der Waals surface area contributed by atoms with E-state index in [1.54, 1.807) is 24.3 Å². The van der Waals surface area contributed by atoms with Crippen LogP contribution in [0.5, 0.6) is 5.75 Å². The van der Waals surface area contributed by atoms with Crippen molar-refractivity contribution in [3.8, 4) is 5.75 Å². The molecule has 0 spiro atoms. The molecule has 2 N–H and O–H groups in total. The Bertz CT molecular complexity index is 901. The van der Waals surface area contributed by atoms with Crippen LogP contribution in [0, 0.1) is 0 Å². The Morgan fingerprint density at radius 1 is 1.20 bits per heavy atom. The third kappa shape index (κ3) is 4.78. The lowest BCUT2D eigenvalue weighted by atomic mass is 10.2. The minimum absolute atomic E-state index is 0.0676. The van der Waals surface area contributed by atoms with E-state index < -0.39 is 15.9 Å². The Labute approximate surface area is 156 Å². The molecule has 0 aromatic heterocycles. The number of methoxy groups -OCH3 is 1. The number of benzene rings is 2. The van der Waals surface area contributed by atoms with E-state index in [0.717, 1.165) is 0 Å². The molecule has 0 aliphatic carbocycles. The van der Waals surface area contributed by atoms with Crippen LogP contribution < -0.4 is 14.8 Å². The molecule has 0 saturated carbocycles. The molecule has 0 fully saturated rings. The van der Waals surface area contributed by atoms with Gasteiger partial charge in [-0.1, -0.05) is 29.3 Å². The number of anilines is 2. The van der Waals surface area contributed by atoms with Crippen molar-refractivity contribution in [2.75, 3.05) is 22.9 Å². The van der Waals surface area contributed by atoms with Crippen molar-refractivity contribution in [2.24, 2.45) is 0 Å². The highest BCUT2D eigenvalue weighted by atomic mass is 35.5. The molecular weight excluding hydrogens is 387 g/mol. The number of ether oxygens (including phenoxy) is 1. The molecular formula is C16H16Cl2N2O4S. The van der Waals surface area contributed by atoms with E-state index in [2.05, 4.69) is 10.0 Å². The standard InChI is InChI=1S/C16H16Cl2N2O4S/c1-3-25(22,23)20-13-8-7-10(9-14(13)24-2)19-16(21)11-5-4-6-12(17)15(11)18/h4-9,20H,3H2,1-2H3,(H,19,21). The quantitative estimate of drug-likeness (QED) is 0.763. The maximum atomic E-state index is 12.3. The van der Waals surface area contributed by atoms with Crippen molar-refractivity contribution in [2.45, 2.75) is 6.92 Å². The van der Waals surface area contributed by atoms with Crippen molar-refractivity contribution in [1.82, 2.24) is 0 Å². The second-order valence-corrected chi connectivity index (χ2v) is 7.77. The molecule has 0 unspecified atom stereocenters. The van der Waals surface area contributed by atoms with Crippen LogP contribution in [0.3, 0.4) is 0 Å². The SMILES string of the molecule is CCS(=O)(=O)Nc1ccc(NC(=O)c2cccc(Cl)c2Cl)cc1OC. The lowest BCUT2D eigenvalue weighted by Crippen LogP contribution is -2.16. The molecule has 2 rings (SSSR count). The van der Waals surface area contributed by atoms with Gasteiger partial charge in [0.25, 0.3) is 5.91 Å². The Balaban J connectivity index is 2.26. The lowest BCUT2D eigenvalue weighted by Gasteiger charge is -2.13. The fourth-order valence-electron chi connectivity index (χ4n) is 1.97. The van der Waals surface area contributed by atoms with Crippen LogP contribution in [0.25, 0.3) is 0 Å². The van der Waals surface area contributed by atoms with Crippen molar-refractivity contribution < 1.29 is 17.9 Å². The van der Waals surface area contributed by atoms with E-state index in [4.69, 9.17) is 27.9 Å². The second kappa shape index (κ2) is 7.95. The molecule has 0 atom stereocenters. The maximum Gasteiger partial charge on any atom is 0.257 e. The number of carbonyl (C=O) groups is 1. The first-order valence-corrected chi connectivity index (χ1v) is 9.62. The van der Waals surface area contributed by atoms with Crippen molar-refractivity contribution in [1.29, 1.82) is 0 Å². The van der Waals surface area contributed by atoms with Gasteiger partial charge < -0.3 is 10.1 Å². The van der Waals surface area contributed by atoms with Crippen LogP contribution in [0.2, 0.25) is 10.0 Å². The van der Waals surface area contributed by atoms with E-state index in [1.807, 2.05) is 0 Å². The zero-order valence-corrected chi connectivity index (χ0v) is 15.8. The lowest BCUT2D eigenvalue weighted by molar-refractivity contribution is 0.102. The number of carbonyl (C=O) groups excluding carboxylic acids is 1. The summed E-state index contributed by atoms with van der Waals surface area (Å²) in [6.45, 7) is 1.53. The summed E-state index contributed by atoms with van der Waals surface area (Å²) in [5, 5.41) is 3.09. The van der Waals surface area contributed by atoms with Crippen molar-refractivity contribution in [3.05, 3.63) is 52.0 Å². The van der Waals surface area contributed by atoms with Crippen LogP contribution in [0.4, 0.5) is 11.4 Å². The number of hydrogen-bond acceptors (Lipinski definition) is 4. The summed E-state index contributed by atoms with van der Waals surface area (Å²) in [5.74, 6) is -0.245. The monoisotopic (exact) mass is 402 g/mol. The number of rotatable bonds is 6. The molecule has 0 saturated heterocycles. The van der Waals surface area contributed by atoms with E-state index in [1.165, 1.54) is 26.2 Å². The molecule has 6 nitrogen and oxygen atoms in total. The fraction of sp³-hybridized carbons (Fsp3) is 0.188. The third-order valence-electron chi connectivity index (χ3n) is 3.30. The zero-order chi connectivity index (χ0) is 18.6. The summed E-state index contributed by atoms with van der Waals surface area (Å²) in [7, 11) is -2.04. The molecule has 0 aliphatic heterocycles. The number of nitrogens with one attached hydrogen (secondary N) is 2. The smallest absolute Gasteiger partial charge is 0.257 e. The minimum Gasteiger partial charge on any atom is -0.494 e. The summed E-state index contributed by atoms with van der Waals surface area (Å²) < 4.78 is 31.0. The molecule has 25 heavy (non-hydrogen) atoms. The molecule has 0 aliphatic rings. The largest absolute Gasteiger partial charge is 0.494 e. The van der Waals surface area contributed by atoms with Gasteiger partial charge in [0.2, 0.25) is 10.0 Å². The van der Waals surface area contributed by atoms with Crippen LogP contribution in [-0.4, -0.2) is 27.2 Å². The summed E-state index contributed by atoms with van der Waals surface area (Å²) in [5.41, 5.74) is 0.921. The number of halogens is 2. The van der Waals surface area contributed by atoms with Gasteiger partial charge in [-0.3, -0.25) is 9.52 Å². The molecule has 0 heterocycles. The molecule has 0 bridgehead atoms. The number of amides is 1. The summed E-state index contributed by atoms with van der Waals surface area (Å²) in [4.78, 5) is 12.3. The Morgan fingerprint density at radius 2 is 1.92 bits per heavy atom. The van der Waals surface area contributed by atoms with Gasteiger partial charge in [0.05, 0.1) is 34.2 Å². The molecule has 2 aromatic carbocycles. The molecule has 0 radical (unpaired) electrons. The first-order valence-electron chi connectivity index (χ1n) is 7.21. The van der Waals surface area contributed by atoms with Gasteiger partial charge >= 0.3 is 0 Å². The first kappa shape index (κ1) is 19.4. The third-order valence-corrected chi connectivity index (χ3v) is 5.41. The average molecular weight is 403 g/mol. The Morgan fingerprint density at radius 3 is 2.56 bits per heavy atom. The van der Waals surface area contributed by atoms with Gasteiger partial charge in [-0.2, -0.15) is 0 Å². The van der Waals surface area contributed by atoms with Gasteiger partial charge in [0.1, 0.15) is 5.75 Å². The fourth-order valence-corrected chi connectivity index (χ4v) is 3.00. The molecule has 1 amide bonds. The highest BCUT2D eigenvalue weighted by molar-refractivity contribution is 7.92. The van der Waals surface area contributed by atoms with E-state index in [9.17, 15) is 13.2 Å². The highest BCUT2D eigenvalue weighted by Crippen LogP contribution is 2.30. The van der Waals surface area contributed by atoms with Crippen LogP contribution in [0.1, 0.15) is 17.3 Å². The van der Waals surface area contributed by atoms with Crippen molar-refractivity contribution in [3.63, 3.8) is 0 Å². The van der Waals surface area contributed by atoms with Gasteiger partial charge in [0.15, 0.2) is 0 Å². The Kier molecular flexibility index (Phi) is 6.16. The molecule has 9 heteroatoms. The van der Waals surface area contributed by atoms with Crippen molar-refractivity contribution >= 4 is 50.5 Å². The van der Waals surface area contributed by atoms with Gasteiger partial charge in [-0.05, 0) is 31.2 Å². The van der Waals surface area contributed by atoms with E-state index >= 15 is 0 Å². The van der Waals surface area contributed by atoms with Gasteiger partial charge in [-0.25, -0.2) is 8.42 Å². The predicted molar refractivity (Wildman–Crippen MR) is 100 cm³/mol. The Hall–Kier alpha value is -1.96. The minimum atomic E-state index is -3.44. The topological polar surface area (TPSA) is 84.5 Å². The number of sulfonamides is 1. The normalized spacial score (nSPS) is 11.0. The molecule has 134 valence electrons. The van der Waals surface area contributed by atoms with E-state index in [0.29, 0.717) is 5.69 Å². The summed E-state index contributed by atoms with van der Waals surface area (Å²) >= 11 is 11.9. The summed E-state index contributed by atoms with van der Waals surface area (Å²) in [6, 6.07) is 9.30. The first-order chi connectivity index (χ1) is 11.8. The zero-order valence-electron chi connectivity index (χ0n) is 13.5. The maximum absolute atomic E-state index is 12.3. The van der Waals surface area contributed by atoms with E-state index in [-0.39, 0.29) is 32.8 Å². The highest BCUT2D eigenvalue weighted by Gasteiger charge is 2.15. The van der Waals surface area contributed by atoms with Crippen LogP contribution >= 0.6 is 23.2 Å². The molecule has 2 aromatic rings. The van der Waals surface area contributed by atoms with Gasteiger partial charge in [-0.15, -0.1) is 0 Å². The number of hydrogen-bond donors (Lipinski definition) is 2. The summed E-state index contributed by atoms with van der Waals surface area (Å²) in [6.07, 6.45) is 0.